The number of rotatable bonds is 12. The van der Waals surface area contributed by atoms with Crippen molar-refractivity contribution in [3.63, 3.8) is 0 Å². The van der Waals surface area contributed by atoms with Crippen molar-refractivity contribution in [1.29, 1.82) is 0 Å². The minimum absolute atomic E-state index is 0.0420. The van der Waals surface area contributed by atoms with Gasteiger partial charge in [-0.1, -0.05) is 24.3 Å². The van der Waals surface area contributed by atoms with Crippen LogP contribution in [-0.2, 0) is 21.1 Å². The number of nitrogens with zero attached hydrogens (tertiary/aromatic N) is 3. The van der Waals surface area contributed by atoms with Crippen LogP contribution >= 0.6 is 0 Å². The summed E-state index contributed by atoms with van der Waals surface area (Å²) < 4.78 is 42.8. The first-order chi connectivity index (χ1) is 21.1. The lowest BCUT2D eigenvalue weighted by atomic mass is 10.1. The number of carbonyl (C=O) groups excluding carboxylic acids is 2. The average Bonchev–Trinajstić information content (AvgIpc) is 3.40. The monoisotopic (exact) mass is 616 g/mol. The van der Waals surface area contributed by atoms with E-state index in [4.69, 9.17) is 4.74 Å². The van der Waals surface area contributed by atoms with Crippen molar-refractivity contribution in [3.05, 3.63) is 108 Å². The zero-order valence-corrected chi connectivity index (χ0v) is 24.5. The van der Waals surface area contributed by atoms with Crippen LogP contribution in [0.5, 0.6) is 5.75 Å². The van der Waals surface area contributed by atoms with Crippen LogP contribution in [0.3, 0.4) is 0 Å². The lowest BCUT2D eigenvalue weighted by Crippen LogP contribution is -2.28. The van der Waals surface area contributed by atoms with E-state index < -0.39 is 9.84 Å². The van der Waals surface area contributed by atoms with Gasteiger partial charge in [0.2, 0.25) is 11.9 Å². The molecule has 0 aliphatic heterocycles. The number of ether oxygens (including phenoxy) is 1. The molecule has 11 nitrogen and oxygen atoms in total. The van der Waals surface area contributed by atoms with E-state index in [0.29, 0.717) is 28.6 Å². The van der Waals surface area contributed by atoms with Crippen molar-refractivity contribution in [1.82, 2.24) is 19.9 Å². The number of anilines is 2. The number of hydrogen-bond acceptors (Lipinski definition) is 8. The quantitative estimate of drug-likeness (QED) is 0.179. The molecule has 44 heavy (non-hydrogen) atoms. The summed E-state index contributed by atoms with van der Waals surface area (Å²) in [6.07, 6.45) is 3.11. The van der Waals surface area contributed by atoms with Gasteiger partial charge in [0.05, 0.1) is 12.2 Å². The van der Waals surface area contributed by atoms with E-state index in [-0.39, 0.29) is 43.1 Å². The fraction of sp³-hybridized carbons (Fsp3) is 0.161. The molecule has 0 radical (unpaired) electrons. The highest BCUT2D eigenvalue weighted by Crippen LogP contribution is 2.22. The summed E-state index contributed by atoms with van der Waals surface area (Å²) in [5, 5.41) is 12.9. The molecule has 3 aromatic carbocycles. The maximum Gasteiger partial charge on any atom is 0.251 e. The molecule has 0 saturated heterocycles. The largest absolute Gasteiger partial charge is 0.473 e. The Kier molecular flexibility index (Phi) is 9.15. The molecule has 2 aromatic heterocycles. The Morgan fingerprint density at radius 2 is 1.61 bits per heavy atom. The van der Waals surface area contributed by atoms with Crippen molar-refractivity contribution in [2.45, 2.75) is 6.42 Å². The molecule has 5 rings (SSSR count). The number of carbonyl (C=O) groups is 2. The van der Waals surface area contributed by atoms with Crippen LogP contribution in [-0.4, -0.2) is 60.1 Å². The minimum atomic E-state index is -3.15. The summed E-state index contributed by atoms with van der Waals surface area (Å²) in [4.78, 5) is 29.0. The molecule has 0 atom stereocenters. The molecule has 2 heterocycles. The second kappa shape index (κ2) is 13.3. The summed E-state index contributed by atoms with van der Waals surface area (Å²) in [5.41, 5.74) is 4.21. The van der Waals surface area contributed by atoms with Gasteiger partial charge in [0.1, 0.15) is 21.4 Å². The molecule has 3 N–H and O–H groups in total. The Morgan fingerprint density at radius 1 is 0.909 bits per heavy atom. The van der Waals surface area contributed by atoms with Gasteiger partial charge < -0.3 is 20.7 Å². The van der Waals surface area contributed by atoms with Crippen LogP contribution in [0.15, 0.2) is 91.1 Å². The lowest BCUT2D eigenvalue weighted by molar-refractivity contribution is -0.115. The summed E-state index contributed by atoms with van der Waals surface area (Å²) in [6, 6.07) is 23.5. The van der Waals surface area contributed by atoms with Crippen molar-refractivity contribution >= 4 is 38.9 Å². The smallest absolute Gasteiger partial charge is 0.251 e. The molecular weight excluding hydrogens is 587 g/mol. The maximum absolute atomic E-state index is 13.1. The highest BCUT2D eigenvalue weighted by atomic mass is 32.2. The summed E-state index contributed by atoms with van der Waals surface area (Å²) in [5.74, 6) is -0.144. The second-order valence-corrected chi connectivity index (χ2v) is 12.2. The van der Waals surface area contributed by atoms with E-state index in [9.17, 15) is 22.4 Å². The van der Waals surface area contributed by atoms with Gasteiger partial charge in [-0.05, 0) is 71.8 Å². The third-order valence-electron chi connectivity index (χ3n) is 6.45. The van der Waals surface area contributed by atoms with E-state index in [0.717, 1.165) is 22.9 Å². The number of nitrogens with one attached hydrogen (secondary N) is 3. The molecule has 0 spiro atoms. The number of sulfone groups is 1. The highest BCUT2D eigenvalue weighted by Gasteiger charge is 2.10. The van der Waals surface area contributed by atoms with Crippen LogP contribution in [0, 0.1) is 5.82 Å². The summed E-state index contributed by atoms with van der Waals surface area (Å²) in [6.45, 7) is 0.123. The Labute approximate surface area is 253 Å². The number of amides is 2. The van der Waals surface area contributed by atoms with Crippen LogP contribution in [0.1, 0.15) is 15.9 Å². The Morgan fingerprint density at radius 3 is 2.32 bits per heavy atom. The number of aromatic nitrogens is 3. The number of fused-ring (bicyclic) bond motifs is 1. The number of benzene rings is 3. The number of pyridine rings is 1. The molecule has 0 unspecified atom stereocenters. The molecule has 0 bridgehead atoms. The van der Waals surface area contributed by atoms with Gasteiger partial charge in [-0.15, -0.1) is 5.10 Å². The van der Waals surface area contributed by atoms with Gasteiger partial charge in [-0.25, -0.2) is 17.3 Å². The first-order valence-electron chi connectivity index (χ1n) is 13.6. The fourth-order valence-electron chi connectivity index (χ4n) is 4.21. The predicted molar refractivity (Wildman–Crippen MR) is 165 cm³/mol. The van der Waals surface area contributed by atoms with Crippen molar-refractivity contribution in [2.75, 3.05) is 35.9 Å². The van der Waals surface area contributed by atoms with E-state index in [2.05, 4.69) is 26.0 Å². The molecule has 0 aliphatic carbocycles. The maximum atomic E-state index is 13.1. The van der Waals surface area contributed by atoms with Gasteiger partial charge in [0.25, 0.3) is 5.91 Å². The third kappa shape index (κ3) is 8.38. The van der Waals surface area contributed by atoms with Crippen molar-refractivity contribution in [2.24, 2.45) is 0 Å². The Hall–Kier alpha value is -5.30. The normalized spacial score (nSPS) is 11.2. The van der Waals surface area contributed by atoms with Gasteiger partial charge in [-0.2, -0.15) is 4.98 Å². The zero-order chi connectivity index (χ0) is 31.1. The summed E-state index contributed by atoms with van der Waals surface area (Å²) in [7, 11) is -3.15. The predicted octanol–water partition coefficient (Wildman–Crippen LogP) is 3.94. The molecule has 13 heteroatoms. The molecule has 5 aromatic rings. The average molecular weight is 617 g/mol. The van der Waals surface area contributed by atoms with Crippen LogP contribution < -0.4 is 20.7 Å². The van der Waals surface area contributed by atoms with Gasteiger partial charge in [-0.3, -0.25) is 9.59 Å². The highest BCUT2D eigenvalue weighted by molar-refractivity contribution is 7.90. The molecular formula is C31H29FN6O5S. The van der Waals surface area contributed by atoms with E-state index in [1.165, 1.54) is 12.1 Å². The Balaban J connectivity index is 1.12. The van der Waals surface area contributed by atoms with Crippen molar-refractivity contribution < 1.29 is 27.1 Å². The van der Waals surface area contributed by atoms with E-state index >= 15 is 0 Å². The first kappa shape index (κ1) is 30.2. The molecule has 0 aliphatic rings. The fourth-order valence-corrected chi connectivity index (χ4v) is 4.68. The third-order valence-corrected chi connectivity index (χ3v) is 7.40. The van der Waals surface area contributed by atoms with Gasteiger partial charge in [0.15, 0.2) is 12.4 Å². The van der Waals surface area contributed by atoms with Gasteiger partial charge >= 0.3 is 0 Å². The lowest BCUT2D eigenvalue weighted by Gasteiger charge is -2.08. The van der Waals surface area contributed by atoms with Crippen molar-refractivity contribution in [3.8, 4) is 16.9 Å². The second-order valence-electron chi connectivity index (χ2n) is 9.96. The number of halogens is 1. The van der Waals surface area contributed by atoms with E-state index in [1.807, 2.05) is 42.6 Å². The zero-order valence-electron chi connectivity index (χ0n) is 23.7. The molecule has 226 valence electrons. The molecule has 2 amide bonds. The number of hydrogen-bond donors (Lipinski definition) is 3. The standard InChI is InChI=1S/C31H29FN6O5S/c1-44(41,42)17-16-33-30(40)23-6-13-27(14-7-23)43-20-34-31-36-28-15-8-24(19-38(28)37-31)22-4-11-26(12-5-22)35-29(39)18-21-2-9-25(32)10-3-21/h2-15,19H,16-18,20H2,1H3,(H,33,40)(H,34,37)(H,35,39). The SMILES string of the molecule is CS(=O)(=O)CCNC(=O)c1ccc(OCNc2nc3ccc(-c4ccc(NC(=O)Cc5ccc(F)cc5)cc4)cn3n2)cc1. The van der Waals surface area contributed by atoms with E-state index in [1.54, 1.807) is 40.9 Å². The van der Waals surface area contributed by atoms with Crippen LogP contribution in [0.4, 0.5) is 16.0 Å². The Bertz CT molecular complexity index is 1880. The molecule has 0 fully saturated rings. The van der Waals surface area contributed by atoms with Crippen LogP contribution in [0.25, 0.3) is 16.8 Å². The first-order valence-corrected chi connectivity index (χ1v) is 15.6. The minimum Gasteiger partial charge on any atom is -0.473 e. The molecule has 0 saturated carbocycles. The summed E-state index contributed by atoms with van der Waals surface area (Å²) >= 11 is 0. The van der Waals surface area contributed by atoms with Gasteiger partial charge in [0, 0.05) is 35.8 Å². The topological polar surface area (TPSA) is 144 Å². The van der Waals surface area contributed by atoms with Crippen LogP contribution in [0.2, 0.25) is 0 Å².